The van der Waals surface area contributed by atoms with Crippen molar-refractivity contribution < 1.29 is 13.9 Å². The van der Waals surface area contributed by atoms with Gasteiger partial charge >= 0.3 is 0 Å². The number of nitrogens with zero attached hydrogens (tertiary/aromatic N) is 3. The molecule has 6 nitrogen and oxygen atoms in total. The number of fused-ring (bicyclic) bond motifs is 1. The molecule has 1 N–H and O–H groups in total. The zero-order chi connectivity index (χ0) is 17.6. The van der Waals surface area contributed by atoms with Gasteiger partial charge in [0.2, 0.25) is 5.91 Å². The molecule has 0 aliphatic carbocycles. The number of aromatic nitrogens is 3. The molecule has 3 aromatic rings. The standard InChI is InChI=1S/C18H19FN4O2/c1-25-11-10-23-16(22-15-6-3-9-20-18(15)23)7-8-17(24)21-14-5-2-4-13(19)12-14/h2-6,9,12H,7-8,10-11H2,1H3,(H,21,24). The van der Waals surface area contributed by atoms with E-state index in [1.54, 1.807) is 25.4 Å². The molecule has 7 heteroatoms. The largest absolute Gasteiger partial charge is 0.383 e. The normalized spacial score (nSPS) is 11.0. The van der Waals surface area contributed by atoms with Gasteiger partial charge in [-0.2, -0.15) is 0 Å². The SMILES string of the molecule is COCCn1c(CCC(=O)Nc2cccc(F)c2)nc2cccnc21. The number of hydrogen-bond donors (Lipinski definition) is 1. The average Bonchev–Trinajstić information content (AvgIpc) is 2.96. The number of carbonyl (C=O) groups is 1. The number of imidazole rings is 1. The molecule has 0 bridgehead atoms. The van der Waals surface area contributed by atoms with Gasteiger partial charge in [0.1, 0.15) is 17.2 Å². The third kappa shape index (κ3) is 4.19. The van der Waals surface area contributed by atoms with Gasteiger partial charge in [0, 0.05) is 38.4 Å². The Morgan fingerprint density at radius 2 is 2.20 bits per heavy atom. The van der Waals surface area contributed by atoms with Crippen LogP contribution in [-0.4, -0.2) is 34.2 Å². The highest BCUT2D eigenvalue weighted by atomic mass is 19.1. The van der Waals surface area contributed by atoms with Crippen molar-refractivity contribution in [2.45, 2.75) is 19.4 Å². The van der Waals surface area contributed by atoms with Crippen molar-refractivity contribution in [3.63, 3.8) is 0 Å². The van der Waals surface area contributed by atoms with Gasteiger partial charge in [0.05, 0.1) is 6.61 Å². The number of carbonyl (C=O) groups excluding carboxylic acids is 1. The van der Waals surface area contributed by atoms with E-state index in [2.05, 4.69) is 15.3 Å². The van der Waals surface area contributed by atoms with Crippen LogP contribution in [0, 0.1) is 5.82 Å². The second-order valence-electron chi connectivity index (χ2n) is 5.58. The van der Waals surface area contributed by atoms with Crippen LogP contribution in [0.4, 0.5) is 10.1 Å². The molecule has 0 saturated carbocycles. The lowest BCUT2D eigenvalue weighted by atomic mass is 10.2. The Labute approximate surface area is 144 Å². The smallest absolute Gasteiger partial charge is 0.224 e. The number of ether oxygens (including phenoxy) is 1. The average molecular weight is 342 g/mol. The zero-order valence-electron chi connectivity index (χ0n) is 13.9. The summed E-state index contributed by atoms with van der Waals surface area (Å²) in [6.45, 7) is 1.15. The lowest BCUT2D eigenvalue weighted by Gasteiger charge is -2.08. The first-order valence-corrected chi connectivity index (χ1v) is 8.02. The lowest BCUT2D eigenvalue weighted by molar-refractivity contribution is -0.116. The number of halogens is 1. The highest BCUT2D eigenvalue weighted by Gasteiger charge is 2.13. The van der Waals surface area contributed by atoms with Crippen LogP contribution in [0.15, 0.2) is 42.6 Å². The van der Waals surface area contributed by atoms with Gasteiger partial charge < -0.3 is 14.6 Å². The van der Waals surface area contributed by atoms with Crippen LogP contribution in [0.2, 0.25) is 0 Å². The summed E-state index contributed by atoms with van der Waals surface area (Å²) in [5.74, 6) is 0.203. The Hall–Kier alpha value is -2.80. The molecule has 1 aromatic carbocycles. The molecule has 3 rings (SSSR count). The fourth-order valence-electron chi connectivity index (χ4n) is 2.63. The number of nitrogens with one attached hydrogen (secondary N) is 1. The van der Waals surface area contributed by atoms with Gasteiger partial charge in [-0.15, -0.1) is 0 Å². The number of benzene rings is 1. The minimum Gasteiger partial charge on any atom is -0.383 e. The third-order valence-electron chi connectivity index (χ3n) is 3.79. The molecule has 0 fully saturated rings. The van der Waals surface area contributed by atoms with E-state index < -0.39 is 0 Å². The number of pyridine rings is 1. The third-order valence-corrected chi connectivity index (χ3v) is 3.79. The number of anilines is 1. The summed E-state index contributed by atoms with van der Waals surface area (Å²) in [5, 5.41) is 2.69. The zero-order valence-corrected chi connectivity index (χ0v) is 13.9. The van der Waals surface area contributed by atoms with E-state index in [1.807, 2.05) is 16.7 Å². The summed E-state index contributed by atoms with van der Waals surface area (Å²) in [6.07, 6.45) is 2.42. The highest BCUT2D eigenvalue weighted by Crippen LogP contribution is 2.16. The molecular formula is C18H19FN4O2. The lowest BCUT2D eigenvalue weighted by Crippen LogP contribution is -2.15. The van der Waals surface area contributed by atoms with Crippen molar-refractivity contribution in [1.82, 2.24) is 14.5 Å². The number of aryl methyl sites for hydroxylation is 1. The second-order valence-corrected chi connectivity index (χ2v) is 5.58. The van der Waals surface area contributed by atoms with Crippen LogP contribution in [0.5, 0.6) is 0 Å². The van der Waals surface area contributed by atoms with E-state index >= 15 is 0 Å². The Morgan fingerprint density at radius 1 is 1.32 bits per heavy atom. The van der Waals surface area contributed by atoms with Crippen LogP contribution >= 0.6 is 0 Å². The van der Waals surface area contributed by atoms with Gasteiger partial charge in [-0.3, -0.25) is 4.79 Å². The summed E-state index contributed by atoms with van der Waals surface area (Å²) in [6, 6.07) is 9.55. The van der Waals surface area contributed by atoms with Gasteiger partial charge in [-0.25, -0.2) is 14.4 Å². The van der Waals surface area contributed by atoms with Crippen molar-refractivity contribution in [1.29, 1.82) is 0 Å². The van der Waals surface area contributed by atoms with E-state index in [4.69, 9.17) is 4.74 Å². The Bertz CT molecular complexity index is 878. The van der Waals surface area contributed by atoms with E-state index in [9.17, 15) is 9.18 Å². The second kappa shape index (κ2) is 7.85. The van der Waals surface area contributed by atoms with Crippen LogP contribution in [-0.2, 0) is 22.5 Å². The van der Waals surface area contributed by atoms with Crippen molar-refractivity contribution in [2.24, 2.45) is 0 Å². The van der Waals surface area contributed by atoms with Crippen LogP contribution < -0.4 is 5.32 Å². The maximum Gasteiger partial charge on any atom is 0.224 e. The molecule has 25 heavy (non-hydrogen) atoms. The first-order valence-electron chi connectivity index (χ1n) is 8.02. The molecule has 130 valence electrons. The molecule has 0 aliphatic heterocycles. The summed E-state index contributed by atoms with van der Waals surface area (Å²) in [4.78, 5) is 21.1. The summed E-state index contributed by atoms with van der Waals surface area (Å²) < 4.78 is 20.3. The number of methoxy groups -OCH3 is 1. The van der Waals surface area contributed by atoms with Crippen LogP contribution in [0.3, 0.4) is 0 Å². The predicted molar refractivity (Wildman–Crippen MR) is 92.8 cm³/mol. The van der Waals surface area contributed by atoms with Crippen LogP contribution in [0.25, 0.3) is 11.2 Å². The van der Waals surface area contributed by atoms with Gasteiger partial charge in [0.25, 0.3) is 0 Å². The first kappa shape index (κ1) is 17.0. The quantitative estimate of drug-likeness (QED) is 0.717. The molecule has 0 aliphatic rings. The molecule has 0 spiro atoms. The molecule has 0 unspecified atom stereocenters. The summed E-state index contributed by atoms with van der Waals surface area (Å²) in [7, 11) is 1.64. The maximum absolute atomic E-state index is 13.2. The van der Waals surface area contributed by atoms with Gasteiger partial charge in [-0.05, 0) is 30.3 Å². The fourth-order valence-corrected chi connectivity index (χ4v) is 2.63. The molecule has 0 atom stereocenters. The maximum atomic E-state index is 13.2. The van der Waals surface area contributed by atoms with E-state index in [0.29, 0.717) is 25.3 Å². The van der Waals surface area contributed by atoms with E-state index in [-0.39, 0.29) is 18.1 Å². The minimum absolute atomic E-state index is 0.191. The molecule has 0 radical (unpaired) electrons. The van der Waals surface area contributed by atoms with Gasteiger partial charge in [0.15, 0.2) is 5.65 Å². The molecule has 1 amide bonds. The fraction of sp³-hybridized carbons (Fsp3) is 0.278. The molecule has 2 heterocycles. The topological polar surface area (TPSA) is 69.0 Å². The van der Waals surface area contributed by atoms with Crippen molar-refractivity contribution >= 4 is 22.8 Å². The Morgan fingerprint density at radius 3 is 3.00 bits per heavy atom. The monoisotopic (exact) mass is 342 g/mol. The summed E-state index contributed by atoms with van der Waals surface area (Å²) >= 11 is 0. The number of hydrogen-bond acceptors (Lipinski definition) is 4. The van der Waals surface area contributed by atoms with Gasteiger partial charge in [-0.1, -0.05) is 6.07 Å². The van der Waals surface area contributed by atoms with Crippen LogP contribution in [0.1, 0.15) is 12.2 Å². The Balaban J connectivity index is 1.70. The van der Waals surface area contributed by atoms with E-state index in [0.717, 1.165) is 17.0 Å². The van der Waals surface area contributed by atoms with Crippen molar-refractivity contribution in [3.8, 4) is 0 Å². The number of amides is 1. The summed E-state index contributed by atoms with van der Waals surface area (Å²) in [5.41, 5.74) is 2.01. The Kier molecular flexibility index (Phi) is 5.35. The van der Waals surface area contributed by atoms with Crippen molar-refractivity contribution in [2.75, 3.05) is 19.0 Å². The number of rotatable bonds is 7. The molecule has 0 saturated heterocycles. The molecular weight excluding hydrogens is 323 g/mol. The molecule has 2 aromatic heterocycles. The minimum atomic E-state index is -0.384. The van der Waals surface area contributed by atoms with E-state index in [1.165, 1.54) is 12.1 Å². The highest BCUT2D eigenvalue weighted by molar-refractivity contribution is 5.90. The van der Waals surface area contributed by atoms with Crippen molar-refractivity contribution in [3.05, 3.63) is 54.2 Å². The first-order chi connectivity index (χ1) is 12.2. The predicted octanol–water partition coefficient (Wildman–Crippen LogP) is 2.79.